The van der Waals surface area contributed by atoms with Crippen molar-refractivity contribution in [1.82, 2.24) is 14.9 Å². The van der Waals surface area contributed by atoms with Gasteiger partial charge in [0.05, 0.1) is 11.9 Å². The van der Waals surface area contributed by atoms with Crippen LogP contribution < -0.4 is 10.2 Å². The highest BCUT2D eigenvalue weighted by atomic mass is 15.3. The smallest absolute Gasteiger partial charge is 0.204 e. The third kappa shape index (κ3) is 2.53. The Morgan fingerprint density at radius 1 is 1.50 bits per heavy atom. The molecule has 0 aromatic carbocycles. The Bertz CT molecular complexity index is 406. The van der Waals surface area contributed by atoms with E-state index in [9.17, 15) is 0 Å². The van der Waals surface area contributed by atoms with Gasteiger partial charge in [0.15, 0.2) is 0 Å². The Morgan fingerprint density at radius 2 is 2.22 bits per heavy atom. The first-order chi connectivity index (χ1) is 8.42. The molecule has 0 amide bonds. The fourth-order valence-corrected chi connectivity index (χ4v) is 2.95. The van der Waals surface area contributed by atoms with E-state index in [0.29, 0.717) is 11.5 Å². The van der Waals surface area contributed by atoms with E-state index in [4.69, 9.17) is 0 Å². The summed E-state index contributed by atoms with van der Waals surface area (Å²) in [7, 11) is 6.14. The molecule has 1 aromatic rings. The molecule has 0 spiro atoms. The van der Waals surface area contributed by atoms with Crippen LogP contribution in [0.1, 0.15) is 38.8 Å². The average molecular weight is 250 g/mol. The molecular formula is C14H26N4. The minimum absolute atomic E-state index is 0.434. The molecule has 1 saturated carbocycles. The van der Waals surface area contributed by atoms with Gasteiger partial charge >= 0.3 is 0 Å². The first kappa shape index (κ1) is 13.4. The lowest BCUT2D eigenvalue weighted by atomic mass is 9.87. The Hall–Kier alpha value is -1.03. The SMILES string of the molecule is CN(C)c1ncc(CNC2CCCC2(C)C)n1C. The van der Waals surface area contributed by atoms with Crippen LogP contribution in [0.3, 0.4) is 0 Å². The number of imidazole rings is 1. The Labute approximate surface area is 110 Å². The number of nitrogens with zero attached hydrogens (tertiary/aromatic N) is 3. The molecule has 0 radical (unpaired) electrons. The highest BCUT2D eigenvalue weighted by Crippen LogP contribution is 2.37. The topological polar surface area (TPSA) is 33.1 Å². The van der Waals surface area contributed by atoms with Crippen LogP contribution in [0.5, 0.6) is 0 Å². The predicted octanol–water partition coefficient (Wildman–Crippen LogP) is 2.15. The predicted molar refractivity (Wildman–Crippen MR) is 75.8 cm³/mol. The molecular weight excluding hydrogens is 224 g/mol. The van der Waals surface area contributed by atoms with Crippen LogP contribution in [-0.2, 0) is 13.6 Å². The van der Waals surface area contributed by atoms with Crippen LogP contribution in [-0.4, -0.2) is 29.7 Å². The lowest BCUT2D eigenvalue weighted by Crippen LogP contribution is -2.37. The van der Waals surface area contributed by atoms with E-state index in [1.807, 2.05) is 25.2 Å². The van der Waals surface area contributed by atoms with Gasteiger partial charge < -0.3 is 14.8 Å². The minimum atomic E-state index is 0.434. The van der Waals surface area contributed by atoms with Crippen molar-refractivity contribution in [3.05, 3.63) is 11.9 Å². The fraction of sp³-hybridized carbons (Fsp3) is 0.786. The van der Waals surface area contributed by atoms with Crippen molar-refractivity contribution in [2.45, 2.75) is 45.7 Å². The van der Waals surface area contributed by atoms with Crippen molar-refractivity contribution in [1.29, 1.82) is 0 Å². The third-order valence-electron chi connectivity index (χ3n) is 4.25. The van der Waals surface area contributed by atoms with E-state index < -0.39 is 0 Å². The van der Waals surface area contributed by atoms with E-state index >= 15 is 0 Å². The van der Waals surface area contributed by atoms with Crippen molar-refractivity contribution in [3.63, 3.8) is 0 Å². The molecule has 1 aliphatic rings. The minimum Gasteiger partial charge on any atom is -0.348 e. The maximum Gasteiger partial charge on any atom is 0.204 e. The summed E-state index contributed by atoms with van der Waals surface area (Å²) in [6.07, 6.45) is 5.95. The summed E-state index contributed by atoms with van der Waals surface area (Å²) in [6.45, 7) is 5.64. The van der Waals surface area contributed by atoms with E-state index in [1.165, 1.54) is 25.0 Å². The van der Waals surface area contributed by atoms with Gasteiger partial charge in [-0.3, -0.25) is 0 Å². The molecule has 0 aliphatic heterocycles. The second-order valence-electron chi connectivity index (χ2n) is 6.32. The van der Waals surface area contributed by atoms with Crippen LogP contribution in [0.25, 0.3) is 0 Å². The van der Waals surface area contributed by atoms with Crippen molar-refractivity contribution in [2.24, 2.45) is 12.5 Å². The van der Waals surface area contributed by atoms with Crippen LogP contribution in [0.4, 0.5) is 5.95 Å². The average Bonchev–Trinajstić information content (AvgIpc) is 2.79. The van der Waals surface area contributed by atoms with Crippen LogP contribution in [0.2, 0.25) is 0 Å². The standard InChI is InChI=1S/C14H26N4/c1-14(2)8-6-7-12(14)15-9-11-10-16-13(17(3)4)18(11)5/h10,12,15H,6-9H2,1-5H3. The third-order valence-corrected chi connectivity index (χ3v) is 4.25. The second kappa shape index (κ2) is 4.92. The van der Waals surface area contributed by atoms with Crippen molar-refractivity contribution < 1.29 is 0 Å². The summed E-state index contributed by atoms with van der Waals surface area (Å²) >= 11 is 0. The van der Waals surface area contributed by atoms with E-state index in [-0.39, 0.29) is 0 Å². The molecule has 102 valence electrons. The molecule has 0 saturated heterocycles. The molecule has 1 atom stereocenters. The van der Waals surface area contributed by atoms with Crippen LogP contribution in [0, 0.1) is 5.41 Å². The lowest BCUT2D eigenvalue weighted by Gasteiger charge is -2.28. The van der Waals surface area contributed by atoms with Gasteiger partial charge in [0.1, 0.15) is 0 Å². The van der Waals surface area contributed by atoms with E-state index in [0.717, 1.165) is 12.5 Å². The molecule has 1 aliphatic carbocycles. The van der Waals surface area contributed by atoms with E-state index in [1.54, 1.807) is 0 Å². The summed E-state index contributed by atoms with van der Waals surface area (Å²) in [5, 5.41) is 3.70. The molecule has 4 nitrogen and oxygen atoms in total. The molecule has 18 heavy (non-hydrogen) atoms. The number of hydrogen-bond acceptors (Lipinski definition) is 3. The normalized spacial score (nSPS) is 22.4. The number of nitrogens with one attached hydrogen (secondary N) is 1. The molecule has 1 fully saturated rings. The van der Waals surface area contributed by atoms with Gasteiger partial charge in [0.2, 0.25) is 5.95 Å². The van der Waals surface area contributed by atoms with Gasteiger partial charge in [-0.25, -0.2) is 4.98 Å². The molecule has 2 rings (SSSR count). The Kier molecular flexibility index (Phi) is 3.66. The second-order valence-corrected chi connectivity index (χ2v) is 6.32. The molecule has 1 N–H and O–H groups in total. The zero-order valence-corrected chi connectivity index (χ0v) is 12.3. The maximum atomic E-state index is 4.45. The summed E-state index contributed by atoms with van der Waals surface area (Å²) in [4.78, 5) is 6.49. The van der Waals surface area contributed by atoms with Gasteiger partial charge in [0.25, 0.3) is 0 Å². The summed E-state index contributed by atoms with van der Waals surface area (Å²) in [5.41, 5.74) is 1.68. The number of aromatic nitrogens is 2. The Balaban J connectivity index is 1.98. The van der Waals surface area contributed by atoms with E-state index in [2.05, 4.69) is 35.8 Å². The first-order valence-corrected chi connectivity index (χ1v) is 6.83. The largest absolute Gasteiger partial charge is 0.348 e. The van der Waals surface area contributed by atoms with Gasteiger partial charge in [-0.15, -0.1) is 0 Å². The molecule has 1 aromatic heterocycles. The summed E-state index contributed by atoms with van der Waals surface area (Å²) in [5.74, 6) is 1.01. The number of rotatable bonds is 4. The maximum absolute atomic E-state index is 4.45. The molecule has 0 bridgehead atoms. The molecule has 4 heteroatoms. The summed E-state index contributed by atoms with van der Waals surface area (Å²) < 4.78 is 2.16. The van der Waals surface area contributed by atoms with Gasteiger partial charge in [0, 0.05) is 33.7 Å². The van der Waals surface area contributed by atoms with Crippen LogP contribution in [0.15, 0.2) is 6.20 Å². The Morgan fingerprint density at radius 3 is 2.72 bits per heavy atom. The quantitative estimate of drug-likeness (QED) is 0.889. The van der Waals surface area contributed by atoms with Gasteiger partial charge in [-0.05, 0) is 18.3 Å². The highest BCUT2D eigenvalue weighted by molar-refractivity contribution is 5.30. The van der Waals surface area contributed by atoms with Gasteiger partial charge in [-0.1, -0.05) is 20.3 Å². The number of anilines is 1. The van der Waals surface area contributed by atoms with Gasteiger partial charge in [-0.2, -0.15) is 0 Å². The van der Waals surface area contributed by atoms with Crippen molar-refractivity contribution in [2.75, 3.05) is 19.0 Å². The van der Waals surface area contributed by atoms with Crippen LogP contribution >= 0.6 is 0 Å². The highest BCUT2D eigenvalue weighted by Gasteiger charge is 2.33. The number of hydrogen-bond donors (Lipinski definition) is 1. The zero-order valence-electron chi connectivity index (χ0n) is 12.3. The lowest BCUT2D eigenvalue weighted by molar-refractivity contribution is 0.281. The van der Waals surface area contributed by atoms with Crippen molar-refractivity contribution in [3.8, 4) is 0 Å². The fourth-order valence-electron chi connectivity index (χ4n) is 2.95. The summed E-state index contributed by atoms with van der Waals surface area (Å²) in [6, 6.07) is 0.634. The molecule has 1 heterocycles. The zero-order chi connectivity index (χ0) is 13.3. The molecule has 1 unspecified atom stereocenters. The monoisotopic (exact) mass is 250 g/mol. The van der Waals surface area contributed by atoms with Crippen molar-refractivity contribution >= 4 is 5.95 Å². The first-order valence-electron chi connectivity index (χ1n) is 6.83.